The Morgan fingerprint density at radius 3 is 2.68 bits per heavy atom. The van der Waals surface area contributed by atoms with Crippen molar-refractivity contribution in [2.75, 3.05) is 12.4 Å². The van der Waals surface area contributed by atoms with Gasteiger partial charge in [0.1, 0.15) is 11.6 Å². The second-order valence-electron chi connectivity index (χ2n) is 6.46. The molecule has 1 heterocycles. The van der Waals surface area contributed by atoms with Crippen LogP contribution < -0.4 is 0 Å². The summed E-state index contributed by atoms with van der Waals surface area (Å²) in [7, 11) is 0. The number of carbonyl (C=O) groups excluding carboxylic acids is 1. The van der Waals surface area contributed by atoms with E-state index in [1.807, 2.05) is 39.0 Å². The number of esters is 1. The van der Waals surface area contributed by atoms with Gasteiger partial charge in [-0.15, -0.1) is 11.8 Å². The highest BCUT2D eigenvalue weighted by Gasteiger charge is 2.30. The minimum Gasteiger partial charge on any atom is -0.459 e. The van der Waals surface area contributed by atoms with Crippen LogP contribution >= 0.6 is 11.8 Å². The Morgan fingerprint density at radius 1 is 1.27 bits per heavy atom. The minimum atomic E-state index is -0.435. The fourth-order valence-corrected chi connectivity index (χ4v) is 3.30. The molecule has 22 heavy (non-hydrogen) atoms. The molecule has 0 fully saturated rings. The van der Waals surface area contributed by atoms with E-state index in [-0.39, 0.29) is 12.0 Å². The SMILES string of the molecule is CC(C)(C)OC(=O)C1CCC=CCN1CSc1ccccc1. The van der Waals surface area contributed by atoms with Crippen LogP contribution in [0.4, 0.5) is 0 Å². The molecule has 0 bridgehead atoms. The Balaban J connectivity index is 2.00. The first-order valence-corrected chi connectivity index (χ1v) is 8.74. The maximum absolute atomic E-state index is 12.5. The summed E-state index contributed by atoms with van der Waals surface area (Å²) in [5.41, 5.74) is -0.435. The summed E-state index contributed by atoms with van der Waals surface area (Å²) in [5.74, 6) is 0.683. The third-order valence-corrected chi connectivity index (χ3v) is 4.44. The molecule has 0 amide bonds. The van der Waals surface area contributed by atoms with Gasteiger partial charge in [-0.1, -0.05) is 30.4 Å². The lowest BCUT2D eigenvalue weighted by Gasteiger charge is -2.30. The van der Waals surface area contributed by atoms with Crippen molar-refractivity contribution in [3.63, 3.8) is 0 Å². The smallest absolute Gasteiger partial charge is 0.323 e. The van der Waals surface area contributed by atoms with Crippen molar-refractivity contribution in [3.8, 4) is 0 Å². The first kappa shape index (κ1) is 17.1. The molecule has 1 aromatic carbocycles. The van der Waals surface area contributed by atoms with Crippen LogP contribution in [0.5, 0.6) is 0 Å². The number of hydrogen-bond donors (Lipinski definition) is 0. The van der Waals surface area contributed by atoms with Crippen molar-refractivity contribution in [1.29, 1.82) is 0 Å². The van der Waals surface area contributed by atoms with Crippen molar-refractivity contribution in [2.24, 2.45) is 0 Å². The van der Waals surface area contributed by atoms with E-state index in [1.165, 1.54) is 4.90 Å². The lowest BCUT2D eigenvalue weighted by Crippen LogP contribution is -2.43. The van der Waals surface area contributed by atoms with Gasteiger partial charge in [0.15, 0.2) is 0 Å². The van der Waals surface area contributed by atoms with Crippen LogP contribution in [0, 0.1) is 0 Å². The van der Waals surface area contributed by atoms with E-state index in [9.17, 15) is 4.79 Å². The van der Waals surface area contributed by atoms with Gasteiger partial charge in [0.2, 0.25) is 0 Å². The van der Waals surface area contributed by atoms with Crippen molar-refractivity contribution in [3.05, 3.63) is 42.5 Å². The van der Waals surface area contributed by atoms with Gasteiger partial charge >= 0.3 is 5.97 Å². The van der Waals surface area contributed by atoms with Crippen LogP contribution in [0.1, 0.15) is 33.6 Å². The quantitative estimate of drug-likeness (QED) is 0.475. The Bertz CT molecular complexity index is 508. The second kappa shape index (κ2) is 7.84. The van der Waals surface area contributed by atoms with Crippen LogP contribution in [-0.2, 0) is 9.53 Å². The van der Waals surface area contributed by atoms with E-state index >= 15 is 0 Å². The number of hydrogen-bond acceptors (Lipinski definition) is 4. The average Bonchev–Trinajstić information content (AvgIpc) is 2.70. The van der Waals surface area contributed by atoms with Gasteiger partial charge in [-0.2, -0.15) is 0 Å². The molecule has 2 rings (SSSR count). The number of allylic oxidation sites excluding steroid dienone is 1. The number of nitrogens with zero attached hydrogens (tertiary/aromatic N) is 1. The summed E-state index contributed by atoms with van der Waals surface area (Å²) in [6.07, 6.45) is 6.05. The molecule has 0 saturated heterocycles. The first-order chi connectivity index (χ1) is 10.5. The van der Waals surface area contributed by atoms with Gasteiger partial charge in [-0.25, -0.2) is 0 Å². The third kappa shape index (κ3) is 5.50. The average molecular weight is 319 g/mol. The molecule has 1 aliphatic rings. The van der Waals surface area contributed by atoms with E-state index < -0.39 is 5.60 Å². The second-order valence-corrected chi connectivity index (χ2v) is 7.47. The van der Waals surface area contributed by atoms with Crippen molar-refractivity contribution < 1.29 is 9.53 Å². The van der Waals surface area contributed by atoms with Crippen LogP contribution in [0.25, 0.3) is 0 Å². The summed E-state index contributed by atoms with van der Waals surface area (Å²) < 4.78 is 5.60. The number of benzene rings is 1. The van der Waals surface area contributed by atoms with Crippen LogP contribution in [-0.4, -0.2) is 34.9 Å². The summed E-state index contributed by atoms with van der Waals surface area (Å²) in [6.45, 7) is 6.55. The fourth-order valence-electron chi connectivity index (χ4n) is 2.35. The van der Waals surface area contributed by atoms with E-state index in [0.29, 0.717) is 0 Å². The monoisotopic (exact) mass is 319 g/mol. The van der Waals surface area contributed by atoms with E-state index in [1.54, 1.807) is 11.8 Å². The molecule has 1 aliphatic heterocycles. The molecular weight excluding hydrogens is 294 g/mol. The number of carbonyl (C=O) groups is 1. The Morgan fingerprint density at radius 2 is 2.00 bits per heavy atom. The first-order valence-electron chi connectivity index (χ1n) is 7.75. The van der Waals surface area contributed by atoms with Crippen LogP contribution in [0.2, 0.25) is 0 Å². The van der Waals surface area contributed by atoms with Gasteiger partial charge in [-0.3, -0.25) is 9.69 Å². The molecular formula is C18H25NO2S. The molecule has 0 spiro atoms. The Labute approximate surface area is 137 Å². The molecule has 0 radical (unpaired) electrons. The van der Waals surface area contributed by atoms with E-state index in [2.05, 4.69) is 29.2 Å². The standard InChI is InChI=1S/C18H25NO2S/c1-18(2,3)21-17(20)16-12-8-5-9-13-19(16)14-22-15-10-6-4-7-11-15/h4-7,9-11,16H,8,12-14H2,1-3H3. The number of ether oxygens (including phenoxy) is 1. The minimum absolute atomic E-state index is 0.107. The Kier molecular flexibility index (Phi) is 6.09. The van der Waals surface area contributed by atoms with E-state index in [0.717, 1.165) is 25.3 Å². The molecule has 120 valence electrons. The molecule has 1 atom stereocenters. The highest BCUT2D eigenvalue weighted by Crippen LogP contribution is 2.23. The van der Waals surface area contributed by atoms with Crippen LogP contribution in [0.3, 0.4) is 0 Å². The molecule has 3 nitrogen and oxygen atoms in total. The van der Waals surface area contributed by atoms with Gasteiger partial charge in [0.25, 0.3) is 0 Å². The largest absolute Gasteiger partial charge is 0.459 e. The fraction of sp³-hybridized carbons (Fsp3) is 0.500. The zero-order valence-corrected chi connectivity index (χ0v) is 14.4. The molecule has 0 aliphatic carbocycles. The molecule has 0 N–H and O–H groups in total. The predicted octanol–water partition coefficient (Wildman–Crippen LogP) is 4.10. The van der Waals surface area contributed by atoms with Gasteiger partial charge in [0.05, 0.1) is 5.88 Å². The van der Waals surface area contributed by atoms with Gasteiger partial charge in [-0.05, 0) is 45.7 Å². The van der Waals surface area contributed by atoms with Gasteiger partial charge in [0, 0.05) is 11.4 Å². The zero-order valence-electron chi connectivity index (χ0n) is 13.6. The third-order valence-electron chi connectivity index (χ3n) is 3.37. The molecule has 4 heteroatoms. The van der Waals surface area contributed by atoms with Crippen molar-refractivity contribution >= 4 is 17.7 Å². The molecule has 0 saturated carbocycles. The Hall–Kier alpha value is -1.26. The molecule has 1 aromatic rings. The van der Waals surface area contributed by atoms with Crippen molar-refractivity contribution in [2.45, 2.75) is 50.2 Å². The molecule has 0 aromatic heterocycles. The normalized spacial score (nSPS) is 19.7. The maximum atomic E-state index is 12.5. The summed E-state index contributed by atoms with van der Waals surface area (Å²) >= 11 is 1.76. The predicted molar refractivity (Wildman–Crippen MR) is 91.9 cm³/mol. The highest BCUT2D eigenvalue weighted by atomic mass is 32.2. The maximum Gasteiger partial charge on any atom is 0.323 e. The van der Waals surface area contributed by atoms with E-state index in [4.69, 9.17) is 4.74 Å². The number of thioether (sulfide) groups is 1. The summed E-state index contributed by atoms with van der Waals surface area (Å²) in [4.78, 5) is 15.9. The lowest BCUT2D eigenvalue weighted by atomic mass is 10.1. The topological polar surface area (TPSA) is 29.5 Å². The zero-order chi connectivity index (χ0) is 16.0. The lowest BCUT2D eigenvalue weighted by molar-refractivity contribution is -0.161. The summed E-state index contributed by atoms with van der Waals surface area (Å²) in [5, 5.41) is 0. The van der Waals surface area contributed by atoms with Crippen LogP contribution in [0.15, 0.2) is 47.4 Å². The van der Waals surface area contributed by atoms with Gasteiger partial charge < -0.3 is 4.74 Å². The summed E-state index contributed by atoms with van der Waals surface area (Å²) in [6, 6.07) is 10.1. The van der Waals surface area contributed by atoms with Crippen molar-refractivity contribution in [1.82, 2.24) is 4.90 Å². The number of rotatable bonds is 4. The highest BCUT2D eigenvalue weighted by molar-refractivity contribution is 7.99. The molecule has 1 unspecified atom stereocenters.